The average Bonchev–Trinajstić information content (AvgIpc) is 2.59. The third-order valence-corrected chi connectivity index (χ3v) is 2.21. The summed E-state index contributed by atoms with van der Waals surface area (Å²) < 4.78 is 3.07. The second-order valence-electron chi connectivity index (χ2n) is 3.37. The van der Waals surface area contributed by atoms with Gasteiger partial charge in [-0.05, 0) is 13.0 Å². The average molecular weight is 205 g/mol. The van der Waals surface area contributed by atoms with E-state index in [1.807, 2.05) is 6.92 Å². The lowest BCUT2D eigenvalue weighted by atomic mass is 10.4. The first-order valence-corrected chi connectivity index (χ1v) is 4.71. The Morgan fingerprint density at radius 1 is 1.47 bits per heavy atom. The highest BCUT2D eigenvalue weighted by Gasteiger charge is 2.04. The molecule has 0 spiro atoms. The Balaban J connectivity index is 2.54. The van der Waals surface area contributed by atoms with Gasteiger partial charge in [0.15, 0.2) is 0 Å². The predicted octanol–water partition coefficient (Wildman–Crippen LogP) is 0.393. The van der Waals surface area contributed by atoms with Crippen molar-refractivity contribution in [3.63, 3.8) is 0 Å². The van der Waals surface area contributed by atoms with Crippen LogP contribution in [0.25, 0.3) is 5.52 Å². The second kappa shape index (κ2) is 3.68. The second-order valence-corrected chi connectivity index (χ2v) is 3.37. The van der Waals surface area contributed by atoms with Crippen molar-refractivity contribution in [3.8, 4) is 0 Å². The number of aryl methyl sites for hydroxylation is 2. The summed E-state index contributed by atoms with van der Waals surface area (Å²) in [7, 11) is 0. The molecule has 0 aliphatic heterocycles. The zero-order chi connectivity index (χ0) is 10.8. The molecule has 0 saturated heterocycles. The summed E-state index contributed by atoms with van der Waals surface area (Å²) in [5, 5.41) is 4.13. The fraction of sp³-hybridized carbons (Fsp3) is 0.300. The number of nitrogens with zero attached hydrogens (tertiary/aromatic N) is 3. The van der Waals surface area contributed by atoms with Gasteiger partial charge >= 0.3 is 0 Å². The van der Waals surface area contributed by atoms with E-state index in [9.17, 15) is 9.59 Å². The first-order valence-electron chi connectivity index (χ1n) is 4.71. The number of carbonyl (C=O) groups is 1. The Morgan fingerprint density at radius 3 is 3.00 bits per heavy atom. The zero-order valence-corrected chi connectivity index (χ0v) is 8.38. The van der Waals surface area contributed by atoms with Crippen molar-refractivity contribution in [2.24, 2.45) is 0 Å². The molecule has 0 aliphatic carbocycles. The number of hydrogen-bond acceptors (Lipinski definition) is 3. The zero-order valence-electron chi connectivity index (χ0n) is 8.38. The lowest BCUT2D eigenvalue weighted by Crippen LogP contribution is -2.21. The van der Waals surface area contributed by atoms with Crippen LogP contribution in [-0.2, 0) is 11.3 Å². The minimum atomic E-state index is -0.111. The highest BCUT2D eigenvalue weighted by Crippen LogP contribution is 1.99. The van der Waals surface area contributed by atoms with Crippen LogP contribution in [0.15, 0.2) is 23.3 Å². The van der Waals surface area contributed by atoms with Crippen molar-refractivity contribution in [1.82, 2.24) is 14.2 Å². The van der Waals surface area contributed by atoms with Gasteiger partial charge in [0.2, 0.25) is 0 Å². The van der Waals surface area contributed by atoms with Crippen LogP contribution in [0.5, 0.6) is 0 Å². The highest BCUT2D eigenvalue weighted by molar-refractivity contribution is 5.49. The molecule has 0 bridgehead atoms. The van der Waals surface area contributed by atoms with E-state index in [4.69, 9.17) is 0 Å². The topological polar surface area (TPSA) is 56.4 Å². The Kier molecular flexibility index (Phi) is 2.37. The molecule has 0 aromatic carbocycles. The van der Waals surface area contributed by atoms with Crippen LogP contribution in [0.2, 0.25) is 0 Å². The standard InChI is InChI=1S/C10H11N3O2/c1-8-7-9-10(15)12(3-2-6-14)4-5-13(9)11-8/h4-7H,2-3H2,1H3. The first-order chi connectivity index (χ1) is 7.22. The Bertz CT molecular complexity index is 553. The molecule has 0 amide bonds. The quantitative estimate of drug-likeness (QED) is 0.681. The maximum atomic E-state index is 11.8. The van der Waals surface area contributed by atoms with Crippen molar-refractivity contribution in [2.45, 2.75) is 19.9 Å². The molecule has 2 heterocycles. The molecule has 5 heteroatoms. The van der Waals surface area contributed by atoms with Crippen molar-refractivity contribution >= 4 is 11.8 Å². The van der Waals surface area contributed by atoms with Gasteiger partial charge in [0.25, 0.3) is 5.56 Å². The van der Waals surface area contributed by atoms with Gasteiger partial charge in [-0.25, -0.2) is 4.52 Å². The number of aromatic nitrogens is 3. The molecular formula is C10H11N3O2. The lowest BCUT2D eigenvalue weighted by Gasteiger charge is -2.02. The smallest absolute Gasteiger partial charge is 0.276 e. The van der Waals surface area contributed by atoms with Crippen LogP contribution in [0.4, 0.5) is 0 Å². The van der Waals surface area contributed by atoms with Crippen LogP contribution < -0.4 is 5.56 Å². The SMILES string of the molecule is Cc1cc2c(=O)n(CCC=O)ccn2n1. The summed E-state index contributed by atoms with van der Waals surface area (Å²) in [6.45, 7) is 2.26. The maximum Gasteiger partial charge on any atom is 0.276 e. The number of carbonyl (C=O) groups excluding carboxylic acids is 1. The van der Waals surface area contributed by atoms with Crippen LogP contribution in [0, 0.1) is 6.92 Å². The largest absolute Gasteiger partial charge is 0.312 e. The molecule has 2 aromatic heterocycles. The molecule has 2 aromatic rings. The van der Waals surface area contributed by atoms with Crippen molar-refractivity contribution in [1.29, 1.82) is 0 Å². The molecule has 0 fully saturated rings. The summed E-state index contributed by atoms with van der Waals surface area (Å²) >= 11 is 0. The number of hydrogen-bond donors (Lipinski definition) is 0. The van der Waals surface area contributed by atoms with Gasteiger partial charge in [-0.1, -0.05) is 0 Å². The van der Waals surface area contributed by atoms with E-state index in [1.54, 1.807) is 23.0 Å². The van der Waals surface area contributed by atoms with E-state index in [0.717, 1.165) is 12.0 Å². The molecular weight excluding hydrogens is 194 g/mol. The molecule has 0 unspecified atom stereocenters. The predicted molar refractivity (Wildman–Crippen MR) is 54.9 cm³/mol. The molecule has 2 rings (SSSR count). The normalized spacial score (nSPS) is 10.7. The fourth-order valence-electron chi connectivity index (χ4n) is 1.52. The van der Waals surface area contributed by atoms with E-state index < -0.39 is 0 Å². The van der Waals surface area contributed by atoms with E-state index in [-0.39, 0.29) is 5.56 Å². The minimum absolute atomic E-state index is 0.111. The van der Waals surface area contributed by atoms with E-state index in [1.165, 1.54) is 4.57 Å². The van der Waals surface area contributed by atoms with Gasteiger partial charge in [-0.3, -0.25) is 4.79 Å². The van der Waals surface area contributed by atoms with Gasteiger partial charge in [-0.2, -0.15) is 5.10 Å². The lowest BCUT2D eigenvalue weighted by molar-refractivity contribution is -0.108. The maximum absolute atomic E-state index is 11.8. The minimum Gasteiger partial charge on any atom is -0.312 e. The van der Waals surface area contributed by atoms with E-state index in [0.29, 0.717) is 18.5 Å². The van der Waals surface area contributed by atoms with Crippen LogP contribution in [-0.4, -0.2) is 20.5 Å². The van der Waals surface area contributed by atoms with Gasteiger partial charge in [0.05, 0.1) is 5.69 Å². The molecule has 0 radical (unpaired) electrons. The molecule has 5 nitrogen and oxygen atoms in total. The number of fused-ring (bicyclic) bond motifs is 1. The Labute approximate surface area is 86.0 Å². The summed E-state index contributed by atoms with van der Waals surface area (Å²) in [5.41, 5.74) is 1.24. The molecule has 15 heavy (non-hydrogen) atoms. The van der Waals surface area contributed by atoms with Crippen molar-refractivity contribution in [3.05, 3.63) is 34.5 Å². The van der Waals surface area contributed by atoms with Crippen LogP contribution in [0.3, 0.4) is 0 Å². The Morgan fingerprint density at radius 2 is 2.27 bits per heavy atom. The summed E-state index contributed by atoms with van der Waals surface area (Å²) in [5.74, 6) is 0. The summed E-state index contributed by atoms with van der Waals surface area (Å²) in [6.07, 6.45) is 4.52. The van der Waals surface area contributed by atoms with E-state index >= 15 is 0 Å². The monoisotopic (exact) mass is 205 g/mol. The van der Waals surface area contributed by atoms with Gasteiger partial charge in [0, 0.05) is 25.4 Å². The van der Waals surface area contributed by atoms with Crippen molar-refractivity contribution in [2.75, 3.05) is 0 Å². The molecule has 0 atom stereocenters. The van der Waals surface area contributed by atoms with Crippen LogP contribution >= 0.6 is 0 Å². The number of aldehydes is 1. The molecule has 0 N–H and O–H groups in total. The molecule has 0 saturated carbocycles. The van der Waals surface area contributed by atoms with Gasteiger partial charge < -0.3 is 9.36 Å². The third-order valence-electron chi connectivity index (χ3n) is 2.21. The summed E-state index contributed by atoms with van der Waals surface area (Å²) in [6, 6.07) is 1.74. The number of rotatable bonds is 3. The molecule has 78 valence electrons. The molecule has 0 aliphatic rings. The van der Waals surface area contributed by atoms with Crippen molar-refractivity contribution < 1.29 is 4.79 Å². The third kappa shape index (κ3) is 1.68. The fourth-order valence-corrected chi connectivity index (χ4v) is 1.52. The van der Waals surface area contributed by atoms with E-state index in [2.05, 4.69) is 5.10 Å². The van der Waals surface area contributed by atoms with Gasteiger partial charge in [-0.15, -0.1) is 0 Å². The first kappa shape index (κ1) is 9.64. The highest BCUT2D eigenvalue weighted by atomic mass is 16.1. The van der Waals surface area contributed by atoms with Gasteiger partial charge in [0.1, 0.15) is 11.8 Å². The van der Waals surface area contributed by atoms with Crippen LogP contribution in [0.1, 0.15) is 12.1 Å². The summed E-state index contributed by atoms with van der Waals surface area (Å²) in [4.78, 5) is 22.1. The Hall–Kier alpha value is -1.91.